The first-order valence-corrected chi connectivity index (χ1v) is 6.69. The third-order valence-electron chi connectivity index (χ3n) is 3.05. The molecule has 0 aliphatic rings. The van der Waals surface area contributed by atoms with Crippen molar-refractivity contribution in [2.24, 2.45) is 11.1 Å². The van der Waals surface area contributed by atoms with Gasteiger partial charge in [0.2, 0.25) is 5.91 Å². The van der Waals surface area contributed by atoms with Crippen molar-refractivity contribution in [3.8, 4) is 5.75 Å². The minimum Gasteiger partial charge on any atom is -0.491 e. The third-order valence-corrected chi connectivity index (χ3v) is 3.05. The number of hydrogen-bond acceptors (Lipinski definition) is 4. The lowest BCUT2D eigenvalue weighted by molar-refractivity contribution is -0.125. The van der Waals surface area contributed by atoms with Gasteiger partial charge in [-0.25, -0.2) is 0 Å². The van der Waals surface area contributed by atoms with Crippen molar-refractivity contribution >= 4 is 5.91 Å². The maximum Gasteiger partial charge on any atom is 0.224 e. The number of ether oxygens (including phenoxy) is 1. The van der Waals surface area contributed by atoms with E-state index in [1.165, 1.54) is 0 Å². The molecule has 5 heteroatoms. The van der Waals surface area contributed by atoms with Gasteiger partial charge in [0.25, 0.3) is 0 Å². The van der Waals surface area contributed by atoms with Crippen molar-refractivity contribution in [2.45, 2.75) is 26.9 Å². The number of rotatable bonds is 8. The van der Waals surface area contributed by atoms with E-state index >= 15 is 0 Å². The predicted octanol–water partition coefficient (Wildman–Crippen LogP) is 0.836. The second-order valence-corrected chi connectivity index (χ2v) is 5.66. The van der Waals surface area contributed by atoms with Crippen LogP contribution >= 0.6 is 0 Å². The Morgan fingerprint density at radius 2 is 2.20 bits per heavy atom. The monoisotopic (exact) mass is 280 g/mol. The molecule has 112 valence electrons. The first kappa shape index (κ1) is 16.5. The molecule has 4 N–H and O–H groups in total. The van der Waals surface area contributed by atoms with Crippen molar-refractivity contribution in [3.63, 3.8) is 0 Å². The normalized spacial score (nSPS) is 13.0. The van der Waals surface area contributed by atoms with Crippen LogP contribution in [0.2, 0.25) is 0 Å². The van der Waals surface area contributed by atoms with Crippen LogP contribution in [0, 0.1) is 12.3 Å². The number of hydrogen-bond donors (Lipinski definition) is 3. The average molecular weight is 280 g/mol. The fourth-order valence-electron chi connectivity index (χ4n) is 1.59. The van der Waals surface area contributed by atoms with Gasteiger partial charge in [0, 0.05) is 13.1 Å². The smallest absolute Gasteiger partial charge is 0.224 e. The largest absolute Gasteiger partial charge is 0.491 e. The van der Waals surface area contributed by atoms with Gasteiger partial charge < -0.3 is 20.9 Å². The van der Waals surface area contributed by atoms with Crippen LogP contribution in [0.25, 0.3) is 0 Å². The lowest BCUT2D eigenvalue weighted by Gasteiger charge is -2.22. The van der Waals surface area contributed by atoms with E-state index in [1.54, 1.807) is 13.8 Å². The van der Waals surface area contributed by atoms with Crippen molar-refractivity contribution < 1.29 is 14.6 Å². The topological polar surface area (TPSA) is 84.6 Å². The van der Waals surface area contributed by atoms with Gasteiger partial charge >= 0.3 is 0 Å². The Balaban J connectivity index is 2.27. The molecule has 0 saturated carbocycles. The van der Waals surface area contributed by atoms with E-state index in [4.69, 9.17) is 10.5 Å². The zero-order chi connectivity index (χ0) is 15.2. The third kappa shape index (κ3) is 5.59. The van der Waals surface area contributed by atoms with Crippen LogP contribution < -0.4 is 15.8 Å². The molecule has 1 unspecified atom stereocenters. The standard InChI is InChI=1S/C15H24N2O3/c1-11-5-4-6-13(7-11)20-9-12(18)8-17-10-15(2,3)14(16)19/h4-7,12,17-18H,8-10H2,1-3H3,(H2,16,19). The average Bonchev–Trinajstić information content (AvgIpc) is 2.36. The number of carbonyl (C=O) groups is 1. The fraction of sp³-hybridized carbons (Fsp3) is 0.533. The molecule has 0 bridgehead atoms. The molecule has 0 aromatic heterocycles. The predicted molar refractivity (Wildman–Crippen MR) is 78.5 cm³/mol. The molecule has 0 aliphatic carbocycles. The summed E-state index contributed by atoms with van der Waals surface area (Å²) in [6, 6.07) is 7.65. The van der Waals surface area contributed by atoms with Gasteiger partial charge in [0.05, 0.1) is 5.41 Å². The second-order valence-electron chi connectivity index (χ2n) is 5.66. The highest BCUT2D eigenvalue weighted by atomic mass is 16.5. The van der Waals surface area contributed by atoms with Crippen LogP contribution in [0.15, 0.2) is 24.3 Å². The van der Waals surface area contributed by atoms with E-state index < -0.39 is 11.5 Å². The molecule has 1 amide bonds. The lowest BCUT2D eigenvalue weighted by Crippen LogP contribution is -2.43. The molecule has 0 saturated heterocycles. The molecular formula is C15H24N2O3. The molecular weight excluding hydrogens is 256 g/mol. The number of nitrogens with two attached hydrogens (primary N) is 1. The Bertz CT molecular complexity index is 446. The first-order valence-electron chi connectivity index (χ1n) is 6.69. The van der Waals surface area contributed by atoms with E-state index in [0.717, 1.165) is 11.3 Å². The molecule has 0 heterocycles. The quantitative estimate of drug-likeness (QED) is 0.658. The molecule has 1 aromatic rings. The van der Waals surface area contributed by atoms with Gasteiger partial charge in [-0.1, -0.05) is 12.1 Å². The van der Waals surface area contributed by atoms with Gasteiger partial charge in [-0.15, -0.1) is 0 Å². The SMILES string of the molecule is Cc1cccc(OCC(O)CNCC(C)(C)C(N)=O)c1. The summed E-state index contributed by atoms with van der Waals surface area (Å²) in [5.74, 6) is 0.372. The molecule has 1 aromatic carbocycles. The Hall–Kier alpha value is -1.59. The summed E-state index contributed by atoms with van der Waals surface area (Å²) in [5.41, 5.74) is 5.75. The number of aliphatic hydroxyl groups excluding tert-OH is 1. The number of amides is 1. The van der Waals surface area contributed by atoms with E-state index in [0.29, 0.717) is 13.1 Å². The number of nitrogens with one attached hydrogen (secondary N) is 1. The van der Waals surface area contributed by atoms with Crippen molar-refractivity contribution in [3.05, 3.63) is 29.8 Å². The molecule has 0 fully saturated rings. The molecule has 0 spiro atoms. The van der Waals surface area contributed by atoms with Gasteiger partial charge in [-0.3, -0.25) is 4.79 Å². The summed E-state index contributed by atoms with van der Waals surface area (Å²) in [6.45, 7) is 6.48. The van der Waals surface area contributed by atoms with Gasteiger partial charge in [0.15, 0.2) is 0 Å². The van der Waals surface area contributed by atoms with Crippen molar-refractivity contribution in [2.75, 3.05) is 19.7 Å². The Labute approximate surface area is 120 Å². The fourth-order valence-corrected chi connectivity index (χ4v) is 1.59. The highest BCUT2D eigenvalue weighted by Crippen LogP contribution is 2.13. The molecule has 20 heavy (non-hydrogen) atoms. The van der Waals surface area contributed by atoms with Crippen molar-refractivity contribution in [1.29, 1.82) is 0 Å². The molecule has 0 aliphatic heterocycles. The highest BCUT2D eigenvalue weighted by Gasteiger charge is 2.24. The maximum atomic E-state index is 11.1. The van der Waals surface area contributed by atoms with Gasteiger partial charge in [-0.2, -0.15) is 0 Å². The molecule has 0 radical (unpaired) electrons. The van der Waals surface area contributed by atoms with E-state index in [1.807, 2.05) is 31.2 Å². The Kier molecular flexibility index (Phi) is 5.98. The van der Waals surface area contributed by atoms with Crippen LogP contribution in [-0.4, -0.2) is 36.8 Å². The summed E-state index contributed by atoms with van der Waals surface area (Å²) >= 11 is 0. The van der Waals surface area contributed by atoms with Crippen LogP contribution in [0.5, 0.6) is 5.75 Å². The summed E-state index contributed by atoms with van der Waals surface area (Å²) in [7, 11) is 0. The highest BCUT2D eigenvalue weighted by molar-refractivity contribution is 5.80. The zero-order valence-electron chi connectivity index (χ0n) is 12.3. The minimum absolute atomic E-state index is 0.202. The molecule has 1 rings (SSSR count). The summed E-state index contributed by atoms with van der Waals surface area (Å²) in [6.07, 6.45) is -0.640. The summed E-state index contributed by atoms with van der Waals surface area (Å²) < 4.78 is 5.50. The van der Waals surface area contributed by atoms with Crippen molar-refractivity contribution in [1.82, 2.24) is 5.32 Å². The van der Waals surface area contributed by atoms with Gasteiger partial charge in [0.1, 0.15) is 18.5 Å². The van der Waals surface area contributed by atoms with Crippen LogP contribution in [0.1, 0.15) is 19.4 Å². The minimum atomic E-state index is -0.640. The summed E-state index contributed by atoms with van der Waals surface area (Å²) in [4.78, 5) is 11.1. The number of aliphatic hydroxyl groups is 1. The van der Waals surface area contributed by atoms with Crippen LogP contribution in [0.4, 0.5) is 0 Å². The van der Waals surface area contributed by atoms with Crippen LogP contribution in [0.3, 0.4) is 0 Å². The molecule has 1 atom stereocenters. The Morgan fingerprint density at radius 3 is 2.80 bits per heavy atom. The van der Waals surface area contributed by atoms with E-state index in [2.05, 4.69) is 5.32 Å². The maximum absolute atomic E-state index is 11.1. The lowest BCUT2D eigenvalue weighted by atomic mass is 9.93. The molecule has 5 nitrogen and oxygen atoms in total. The zero-order valence-corrected chi connectivity index (χ0v) is 12.3. The van der Waals surface area contributed by atoms with Gasteiger partial charge in [-0.05, 0) is 38.5 Å². The first-order chi connectivity index (χ1) is 9.31. The van der Waals surface area contributed by atoms with E-state index in [9.17, 15) is 9.90 Å². The second kappa shape index (κ2) is 7.26. The number of carbonyl (C=O) groups excluding carboxylic acids is 1. The number of benzene rings is 1. The number of aryl methyl sites for hydroxylation is 1. The summed E-state index contributed by atoms with van der Waals surface area (Å²) in [5, 5.41) is 12.8. The van der Waals surface area contributed by atoms with E-state index in [-0.39, 0.29) is 12.5 Å². The number of primary amides is 1. The van der Waals surface area contributed by atoms with Crippen LogP contribution in [-0.2, 0) is 4.79 Å². The Morgan fingerprint density at radius 1 is 1.50 bits per heavy atom.